The lowest BCUT2D eigenvalue weighted by Gasteiger charge is -2.24. The molecule has 3 rings (SSSR count). The number of anilines is 1. The van der Waals surface area contributed by atoms with Gasteiger partial charge in [-0.15, -0.1) is 0 Å². The fourth-order valence-corrected chi connectivity index (χ4v) is 3.17. The minimum Gasteiger partial charge on any atom is -0.461 e. The molecule has 0 radical (unpaired) electrons. The Kier molecular flexibility index (Phi) is 5.49. The van der Waals surface area contributed by atoms with Crippen molar-refractivity contribution in [2.45, 2.75) is 33.7 Å². The third kappa shape index (κ3) is 3.63. The molecule has 29 heavy (non-hydrogen) atoms. The van der Waals surface area contributed by atoms with Gasteiger partial charge in [0.15, 0.2) is 0 Å². The third-order valence-electron chi connectivity index (χ3n) is 4.65. The number of hydrogen-bond donors (Lipinski definition) is 0. The average molecular weight is 398 g/mol. The van der Waals surface area contributed by atoms with Gasteiger partial charge in [0.25, 0.3) is 11.3 Å². The maximum Gasteiger partial charge on any atom is 0.361 e. The molecule has 0 aliphatic carbocycles. The Bertz CT molecular complexity index is 1150. The number of benzene rings is 1. The molecule has 152 valence electrons. The van der Waals surface area contributed by atoms with Crippen molar-refractivity contribution in [3.05, 3.63) is 51.7 Å². The van der Waals surface area contributed by atoms with Crippen LogP contribution in [0.2, 0.25) is 0 Å². The van der Waals surface area contributed by atoms with Crippen LogP contribution in [0.25, 0.3) is 11.1 Å². The summed E-state index contributed by atoms with van der Waals surface area (Å²) >= 11 is 0. The lowest BCUT2D eigenvalue weighted by Crippen LogP contribution is -2.38. The van der Waals surface area contributed by atoms with Crippen molar-refractivity contribution < 1.29 is 18.8 Å². The summed E-state index contributed by atoms with van der Waals surface area (Å²) in [7, 11) is 1.64. The summed E-state index contributed by atoms with van der Waals surface area (Å²) in [4.78, 5) is 44.0. The Morgan fingerprint density at radius 3 is 2.69 bits per heavy atom. The van der Waals surface area contributed by atoms with Crippen molar-refractivity contribution in [3.8, 4) is 0 Å². The van der Waals surface area contributed by atoms with E-state index in [2.05, 4.69) is 10.1 Å². The molecule has 1 amide bonds. The fraction of sp³-hybridized carbons (Fsp3) is 0.350. The minimum absolute atomic E-state index is 0.0708. The summed E-state index contributed by atoms with van der Waals surface area (Å²) in [5, 5.41) is 3.53. The van der Waals surface area contributed by atoms with Crippen LogP contribution in [0.15, 0.2) is 33.6 Å². The number of amides is 1. The zero-order chi connectivity index (χ0) is 21.3. The van der Waals surface area contributed by atoms with Crippen LogP contribution in [0.1, 0.15) is 41.8 Å². The van der Waals surface area contributed by atoms with Crippen LogP contribution in [0.5, 0.6) is 0 Å². The van der Waals surface area contributed by atoms with Gasteiger partial charge in [-0.3, -0.25) is 14.2 Å². The molecule has 0 unspecified atom stereocenters. The number of nitrogens with zero attached hydrogens (tertiary/aromatic N) is 4. The lowest BCUT2D eigenvalue weighted by molar-refractivity contribution is -0.121. The van der Waals surface area contributed by atoms with E-state index >= 15 is 0 Å². The highest BCUT2D eigenvalue weighted by atomic mass is 16.5. The summed E-state index contributed by atoms with van der Waals surface area (Å²) in [5.41, 5.74) is 0.808. The molecule has 1 aromatic carbocycles. The number of ether oxygens (including phenoxy) is 1. The van der Waals surface area contributed by atoms with Crippen molar-refractivity contribution in [2.24, 2.45) is 0 Å². The molecule has 0 N–H and O–H groups in total. The molecule has 0 aliphatic heterocycles. The van der Waals surface area contributed by atoms with Crippen molar-refractivity contribution >= 4 is 28.7 Å². The predicted octanol–water partition coefficient (Wildman–Crippen LogP) is 2.40. The van der Waals surface area contributed by atoms with Gasteiger partial charge in [-0.05, 0) is 45.4 Å². The van der Waals surface area contributed by atoms with Gasteiger partial charge >= 0.3 is 5.97 Å². The number of hydrogen-bond acceptors (Lipinski definition) is 7. The first-order chi connectivity index (χ1) is 13.8. The number of esters is 1. The van der Waals surface area contributed by atoms with Gasteiger partial charge in [0.2, 0.25) is 11.6 Å². The molecule has 0 saturated heterocycles. The summed E-state index contributed by atoms with van der Waals surface area (Å²) in [6, 6.07) is 6.61. The van der Waals surface area contributed by atoms with Crippen LogP contribution < -0.4 is 10.5 Å². The molecule has 0 spiro atoms. The topological polar surface area (TPSA) is 108 Å². The van der Waals surface area contributed by atoms with Gasteiger partial charge in [-0.25, -0.2) is 4.79 Å². The number of carbonyl (C=O) groups is 2. The monoisotopic (exact) mass is 398 g/mol. The van der Waals surface area contributed by atoms with Gasteiger partial charge in [-0.2, -0.15) is 4.98 Å². The van der Waals surface area contributed by atoms with E-state index < -0.39 is 17.6 Å². The first-order valence-corrected chi connectivity index (χ1v) is 9.16. The molecule has 0 fully saturated rings. The largest absolute Gasteiger partial charge is 0.461 e. The Morgan fingerprint density at radius 1 is 1.31 bits per heavy atom. The third-order valence-corrected chi connectivity index (χ3v) is 4.65. The van der Waals surface area contributed by atoms with E-state index in [4.69, 9.17) is 9.26 Å². The second kappa shape index (κ2) is 7.86. The molecule has 2 aromatic heterocycles. The van der Waals surface area contributed by atoms with Crippen molar-refractivity contribution in [2.75, 3.05) is 18.6 Å². The highest BCUT2D eigenvalue weighted by Crippen LogP contribution is 2.20. The van der Waals surface area contributed by atoms with Gasteiger partial charge in [-0.1, -0.05) is 17.3 Å². The second-order valence-corrected chi connectivity index (χ2v) is 6.68. The van der Waals surface area contributed by atoms with Crippen molar-refractivity contribution in [3.63, 3.8) is 0 Å². The molecule has 9 nitrogen and oxygen atoms in total. The van der Waals surface area contributed by atoms with Crippen molar-refractivity contribution in [1.29, 1.82) is 0 Å². The normalized spacial score (nSPS) is 12.0. The summed E-state index contributed by atoms with van der Waals surface area (Å²) < 4.78 is 11.2. The Balaban J connectivity index is 2.06. The Hall–Kier alpha value is -3.49. The van der Waals surface area contributed by atoms with E-state index in [1.54, 1.807) is 27.8 Å². The summed E-state index contributed by atoms with van der Waals surface area (Å²) in [5.74, 6) is -0.819. The Morgan fingerprint density at radius 2 is 2.03 bits per heavy atom. The predicted molar refractivity (Wildman–Crippen MR) is 106 cm³/mol. The van der Waals surface area contributed by atoms with E-state index in [1.807, 2.05) is 31.2 Å². The second-order valence-electron chi connectivity index (χ2n) is 6.68. The number of fused-ring (bicyclic) bond motifs is 1. The first kappa shape index (κ1) is 20.2. The van der Waals surface area contributed by atoms with Gasteiger partial charge in [0.05, 0.1) is 6.61 Å². The zero-order valence-corrected chi connectivity index (χ0v) is 16.9. The fourth-order valence-electron chi connectivity index (χ4n) is 3.17. The zero-order valence-electron chi connectivity index (χ0n) is 16.9. The highest BCUT2D eigenvalue weighted by Gasteiger charge is 2.28. The average Bonchev–Trinajstić information content (AvgIpc) is 3.11. The summed E-state index contributed by atoms with van der Waals surface area (Å²) in [6.07, 6.45) is 0. The molecule has 3 aromatic rings. The van der Waals surface area contributed by atoms with E-state index in [1.165, 1.54) is 9.47 Å². The number of carbonyl (C=O) groups excluding carboxylic acids is 2. The molecule has 0 bridgehead atoms. The highest BCUT2D eigenvalue weighted by molar-refractivity contribution is 6.00. The van der Waals surface area contributed by atoms with E-state index in [9.17, 15) is 14.4 Å². The lowest BCUT2D eigenvalue weighted by atomic mass is 10.2. The number of likely N-dealkylation sites (N-methyl/N-ethyl adjacent to an activating group) is 1. The van der Waals surface area contributed by atoms with E-state index in [0.29, 0.717) is 5.69 Å². The molecule has 1 atom stereocenters. The number of aryl methyl sites for hydroxylation is 2. The van der Waals surface area contributed by atoms with Crippen LogP contribution in [-0.2, 0) is 9.53 Å². The summed E-state index contributed by atoms with van der Waals surface area (Å²) in [6.45, 7) is 6.89. The maximum atomic E-state index is 13.1. The van der Waals surface area contributed by atoms with Crippen molar-refractivity contribution in [1.82, 2.24) is 14.7 Å². The smallest absolute Gasteiger partial charge is 0.361 e. The van der Waals surface area contributed by atoms with Crippen LogP contribution >= 0.6 is 0 Å². The van der Waals surface area contributed by atoms with E-state index in [0.717, 1.165) is 5.56 Å². The van der Waals surface area contributed by atoms with Gasteiger partial charge in [0, 0.05) is 12.7 Å². The van der Waals surface area contributed by atoms with E-state index in [-0.39, 0.29) is 35.1 Å². The van der Waals surface area contributed by atoms with Crippen LogP contribution in [0, 0.1) is 13.8 Å². The molecule has 9 heteroatoms. The quantitative estimate of drug-likeness (QED) is 0.607. The van der Waals surface area contributed by atoms with Crippen LogP contribution in [0.3, 0.4) is 0 Å². The first-order valence-electron chi connectivity index (χ1n) is 9.16. The Labute approximate surface area is 166 Å². The van der Waals surface area contributed by atoms with Crippen LogP contribution in [-0.4, -0.2) is 40.2 Å². The standard InChI is InChI=1S/C20H22N4O5/c1-6-28-20(27)16-15-17(29-22-16)21-13(4)24(19(15)26)12(3)18(25)23(5)14-9-7-8-11(2)10-14/h7-10,12H,6H2,1-5H3/t12-/m0/s1. The maximum absolute atomic E-state index is 13.1. The number of aromatic nitrogens is 3. The molecule has 0 saturated carbocycles. The number of rotatable bonds is 5. The molecule has 0 aliphatic rings. The molecular formula is C20H22N4O5. The molecule has 2 heterocycles. The van der Waals surface area contributed by atoms with Gasteiger partial charge in [0.1, 0.15) is 17.3 Å². The molecular weight excluding hydrogens is 376 g/mol. The SMILES string of the molecule is CCOC(=O)c1noc2nc(C)n([C@@H](C)C(=O)N(C)c3cccc(C)c3)c(=O)c12. The minimum atomic E-state index is -0.866. The van der Waals surface area contributed by atoms with Crippen LogP contribution in [0.4, 0.5) is 5.69 Å². The van der Waals surface area contributed by atoms with Gasteiger partial charge < -0.3 is 14.2 Å².